The van der Waals surface area contributed by atoms with Crippen molar-refractivity contribution in [1.29, 1.82) is 0 Å². The normalized spacial score (nSPS) is 11.1. The van der Waals surface area contributed by atoms with Gasteiger partial charge in [-0.1, -0.05) is 12.1 Å². The summed E-state index contributed by atoms with van der Waals surface area (Å²) in [5.41, 5.74) is 0.324. The minimum Gasteiger partial charge on any atom is -0.454 e. The van der Waals surface area contributed by atoms with E-state index in [-0.39, 0.29) is 11.5 Å². The average molecular weight is 323 g/mol. The van der Waals surface area contributed by atoms with E-state index >= 15 is 0 Å². The van der Waals surface area contributed by atoms with Crippen LogP contribution in [0, 0.1) is 10.1 Å². The van der Waals surface area contributed by atoms with Crippen molar-refractivity contribution in [2.45, 2.75) is 13.2 Å². The lowest BCUT2D eigenvalue weighted by atomic mass is 10.2. The summed E-state index contributed by atoms with van der Waals surface area (Å²) < 4.78 is 30.5. The van der Waals surface area contributed by atoms with Crippen LogP contribution >= 0.6 is 0 Å². The molecule has 0 bridgehead atoms. The number of hydrogen-bond acceptors (Lipinski definition) is 5. The van der Waals surface area contributed by atoms with Crippen molar-refractivity contribution in [1.82, 2.24) is 9.55 Å². The SMILES string of the molecule is O=C(/C=C/c1cccc([N+](=O)[O-])c1)OCc1nccn1C(F)F. The number of benzene rings is 1. The van der Waals surface area contributed by atoms with Crippen molar-refractivity contribution < 1.29 is 23.2 Å². The first-order chi connectivity index (χ1) is 11.0. The maximum atomic E-state index is 12.6. The Bertz CT molecular complexity index is 743. The topological polar surface area (TPSA) is 87.3 Å². The highest BCUT2D eigenvalue weighted by molar-refractivity contribution is 5.87. The zero-order chi connectivity index (χ0) is 16.8. The van der Waals surface area contributed by atoms with Gasteiger partial charge >= 0.3 is 12.5 Å². The number of non-ortho nitro benzene ring substituents is 1. The number of hydrogen-bond donors (Lipinski definition) is 0. The highest BCUT2D eigenvalue weighted by atomic mass is 19.3. The number of halogens is 2. The molecule has 0 aliphatic carbocycles. The van der Waals surface area contributed by atoms with E-state index in [9.17, 15) is 23.7 Å². The second kappa shape index (κ2) is 7.25. The first-order valence-corrected chi connectivity index (χ1v) is 6.36. The average Bonchev–Trinajstić information content (AvgIpc) is 3.00. The van der Waals surface area contributed by atoms with Crippen LogP contribution in [-0.2, 0) is 16.1 Å². The molecule has 0 amide bonds. The molecule has 23 heavy (non-hydrogen) atoms. The summed E-state index contributed by atoms with van der Waals surface area (Å²) in [6.45, 7) is -3.18. The van der Waals surface area contributed by atoms with E-state index in [4.69, 9.17) is 4.74 Å². The van der Waals surface area contributed by atoms with Crippen molar-refractivity contribution in [2.24, 2.45) is 0 Å². The summed E-state index contributed by atoms with van der Waals surface area (Å²) in [6, 6.07) is 5.65. The maximum absolute atomic E-state index is 12.6. The fraction of sp³-hybridized carbons (Fsp3) is 0.143. The molecule has 0 spiro atoms. The van der Waals surface area contributed by atoms with E-state index in [0.717, 1.165) is 12.3 Å². The van der Waals surface area contributed by atoms with Crippen LogP contribution in [0.2, 0.25) is 0 Å². The Morgan fingerprint density at radius 3 is 2.96 bits per heavy atom. The lowest BCUT2D eigenvalue weighted by molar-refractivity contribution is -0.384. The van der Waals surface area contributed by atoms with Gasteiger partial charge < -0.3 is 4.74 Å². The number of ether oxygens (including phenoxy) is 1. The molecule has 0 aliphatic rings. The second-order valence-electron chi connectivity index (χ2n) is 4.32. The number of nitro benzene ring substituents is 1. The van der Waals surface area contributed by atoms with Gasteiger partial charge in [-0.25, -0.2) is 9.78 Å². The summed E-state index contributed by atoms with van der Waals surface area (Å²) in [5.74, 6) is -0.863. The smallest absolute Gasteiger partial charge is 0.331 e. The number of alkyl halides is 2. The van der Waals surface area contributed by atoms with Gasteiger partial charge in [0.2, 0.25) is 0 Å². The van der Waals surface area contributed by atoms with Crippen LogP contribution in [0.5, 0.6) is 0 Å². The van der Waals surface area contributed by atoms with Gasteiger partial charge in [0.05, 0.1) is 4.92 Å². The van der Waals surface area contributed by atoms with Crippen LogP contribution in [0.3, 0.4) is 0 Å². The third kappa shape index (κ3) is 4.43. The Morgan fingerprint density at radius 1 is 1.48 bits per heavy atom. The van der Waals surface area contributed by atoms with Crippen LogP contribution < -0.4 is 0 Å². The minimum atomic E-state index is -2.77. The Hall–Kier alpha value is -3.10. The third-order valence-electron chi connectivity index (χ3n) is 2.80. The monoisotopic (exact) mass is 323 g/mol. The van der Waals surface area contributed by atoms with Crippen LogP contribution in [0.4, 0.5) is 14.5 Å². The number of aromatic nitrogens is 2. The number of nitro groups is 1. The molecule has 0 saturated heterocycles. The molecule has 0 unspecified atom stereocenters. The van der Waals surface area contributed by atoms with Crippen molar-refractivity contribution in [3.8, 4) is 0 Å². The molecule has 0 aliphatic heterocycles. The van der Waals surface area contributed by atoms with Crippen LogP contribution in [-0.4, -0.2) is 20.4 Å². The Morgan fingerprint density at radius 2 is 2.26 bits per heavy atom. The summed E-state index contributed by atoms with van der Waals surface area (Å²) in [4.78, 5) is 25.3. The summed E-state index contributed by atoms with van der Waals surface area (Å²) in [7, 11) is 0. The molecular weight excluding hydrogens is 312 g/mol. The van der Waals surface area contributed by atoms with Gasteiger partial charge in [0, 0.05) is 30.6 Å². The summed E-state index contributed by atoms with van der Waals surface area (Å²) in [6.07, 6.45) is 4.63. The van der Waals surface area contributed by atoms with Gasteiger partial charge in [-0.15, -0.1) is 0 Å². The maximum Gasteiger partial charge on any atom is 0.331 e. The molecule has 0 fully saturated rings. The van der Waals surface area contributed by atoms with Gasteiger partial charge in [-0.3, -0.25) is 14.7 Å². The largest absolute Gasteiger partial charge is 0.454 e. The number of nitrogens with zero attached hydrogens (tertiary/aromatic N) is 3. The number of rotatable bonds is 6. The molecule has 9 heteroatoms. The molecule has 7 nitrogen and oxygen atoms in total. The molecule has 1 aromatic heterocycles. The van der Waals surface area contributed by atoms with Gasteiger partial charge in [0.15, 0.2) is 5.82 Å². The molecule has 0 saturated carbocycles. The Labute approximate surface area is 129 Å². The van der Waals surface area contributed by atoms with Crippen molar-refractivity contribution in [3.05, 3.63) is 64.2 Å². The zero-order valence-electron chi connectivity index (χ0n) is 11.6. The van der Waals surface area contributed by atoms with Gasteiger partial charge in [0.1, 0.15) is 6.61 Å². The van der Waals surface area contributed by atoms with Crippen molar-refractivity contribution in [2.75, 3.05) is 0 Å². The Kier molecular flexibility index (Phi) is 5.13. The lowest BCUT2D eigenvalue weighted by Gasteiger charge is -2.05. The second-order valence-corrected chi connectivity index (χ2v) is 4.32. The standard InChI is InChI=1S/C14H11F2N3O4/c15-14(16)18-7-6-17-12(18)9-23-13(20)5-4-10-2-1-3-11(8-10)19(21)22/h1-8,14H,9H2/b5-4+. The van der Waals surface area contributed by atoms with E-state index in [1.54, 1.807) is 6.07 Å². The van der Waals surface area contributed by atoms with E-state index in [0.29, 0.717) is 10.1 Å². The van der Waals surface area contributed by atoms with Crippen LogP contribution in [0.1, 0.15) is 17.9 Å². The minimum absolute atomic E-state index is 0.0860. The van der Waals surface area contributed by atoms with E-state index in [1.165, 1.54) is 30.5 Å². The third-order valence-corrected chi connectivity index (χ3v) is 2.80. The van der Waals surface area contributed by atoms with Gasteiger partial charge in [-0.05, 0) is 11.6 Å². The number of imidazole rings is 1. The van der Waals surface area contributed by atoms with E-state index in [2.05, 4.69) is 4.98 Å². The van der Waals surface area contributed by atoms with Crippen molar-refractivity contribution >= 4 is 17.7 Å². The molecule has 0 N–H and O–H groups in total. The highest BCUT2D eigenvalue weighted by Crippen LogP contribution is 2.15. The fourth-order valence-corrected chi connectivity index (χ4v) is 1.72. The predicted octanol–water partition coefficient (Wildman–Crippen LogP) is 2.94. The van der Waals surface area contributed by atoms with Gasteiger partial charge in [0.25, 0.3) is 5.69 Å². The van der Waals surface area contributed by atoms with E-state index < -0.39 is 24.0 Å². The highest BCUT2D eigenvalue weighted by Gasteiger charge is 2.12. The molecule has 0 atom stereocenters. The van der Waals surface area contributed by atoms with Crippen LogP contribution in [0.15, 0.2) is 42.7 Å². The molecule has 0 radical (unpaired) electrons. The quantitative estimate of drug-likeness (QED) is 0.353. The molecule has 120 valence electrons. The first kappa shape index (κ1) is 16.3. The van der Waals surface area contributed by atoms with E-state index in [1.807, 2.05) is 0 Å². The molecule has 1 aromatic carbocycles. The zero-order valence-corrected chi connectivity index (χ0v) is 11.6. The molecule has 2 aromatic rings. The number of carbonyl (C=O) groups excluding carboxylic acids is 1. The lowest BCUT2D eigenvalue weighted by Crippen LogP contribution is -2.08. The summed E-state index contributed by atoms with van der Waals surface area (Å²) >= 11 is 0. The Balaban J connectivity index is 1.95. The number of carbonyl (C=O) groups is 1. The van der Waals surface area contributed by atoms with Gasteiger partial charge in [-0.2, -0.15) is 8.78 Å². The molecular formula is C14H11F2N3O4. The predicted molar refractivity (Wildman–Crippen MR) is 75.4 cm³/mol. The summed E-state index contributed by atoms with van der Waals surface area (Å²) in [5, 5.41) is 10.6. The molecule has 1 heterocycles. The molecule has 2 rings (SSSR count). The first-order valence-electron chi connectivity index (χ1n) is 6.36. The van der Waals surface area contributed by atoms with Crippen LogP contribution in [0.25, 0.3) is 6.08 Å². The fourth-order valence-electron chi connectivity index (χ4n) is 1.72. The van der Waals surface area contributed by atoms with Crippen molar-refractivity contribution in [3.63, 3.8) is 0 Å². The number of esters is 1.